The molecule has 0 radical (unpaired) electrons. The van der Waals surface area contributed by atoms with Gasteiger partial charge in [-0.1, -0.05) is 0 Å². The summed E-state index contributed by atoms with van der Waals surface area (Å²) in [4.78, 5) is 0. The first-order valence-electron chi connectivity index (χ1n) is 4.89. The number of anilines is 1. The van der Waals surface area contributed by atoms with Crippen LogP contribution in [-0.4, -0.2) is 26.8 Å². The first kappa shape index (κ1) is 11.7. The zero-order valence-electron chi connectivity index (χ0n) is 9.41. The Kier molecular flexibility index (Phi) is 4.24. The maximum absolute atomic E-state index is 5.66. The van der Waals surface area contributed by atoms with Crippen molar-refractivity contribution in [2.45, 2.75) is 13.0 Å². The molecule has 1 aromatic rings. The number of nitrogens with one attached hydrogen (secondary N) is 1. The van der Waals surface area contributed by atoms with Gasteiger partial charge in [-0.15, -0.1) is 0 Å². The highest BCUT2D eigenvalue weighted by molar-refractivity contribution is 5.59. The summed E-state index contributed by atoms with van der Waals surface area (Å²) >= 11 is 0. The maximum atomic E-state index is 5.66. The van der Waals surface area contributed by atoms with Gasteiger partial charge in [0.25, 0.3) is 0 Å². The summed E-state index contributed by atoms with van der Waals surface area (Å²) in [7, 11) is 3.26. The SMILES string of the molecule is COc1ccc(NC[C@H](C)N)c(OC)c1. The predicted octanol–water partition coefficient (Wildman–Crippen LogP) is 1.46. The Morgan fingerprint density at radius 3 is 2.60 bits per heavy atom. The Hall–Kier alpha value is -1.42. The molecule has 0 amide bonds. The van der Waals surface area contributed by atoms with Gasteiger partial charge >= 0.3 is 0 Å². The molecule has 4 heteroatoms. The van der Waals surface area contributed by atoms with Gasteiger partial charge in [0, 0.05) is 18.7 Å². The lowest BCUT2D eigenvalue weighted by molar-refractivity contribution is 0.395. The lowest BCUT2D eigenvalue weighted by Gasteiger charge is -2.13. The van der Waals surface area contributed by atoms with Crippen molar-refractivity contribution in [2.24, 2.45) is 5.73 Å². The molecule has 4 nitrogen and oxygen atoms in total. The fourth-order valence-electron chi connectivity index (χ4n) is 1.22. The zero-order chi connectivity index (χ0) is 11.3. The molecule has 1 aromatic carbocycles. The normalized spacial score (nSPS) is 12.0. The number of rotatable bonds is 5. The molecular formula is C11H18N2O2. The van der Waals surface area contributed by atoms with E-state index in [1.54, 1.807) is 14.2 Å². The summed E-state index contributed by atoms with van der Waals surface area (Å²) in [5.74, 6) is 1.54. The van der Waals surface area contributed by atoms with E-state index in [1.165, 1.54) is 0 Å². The number of methoxy groups -OCH3 is 2. The van der Waals surface area contributed by atoms with Crippen molar-refractivity contribution < 1.29 is 9.47 Å². The van der Waals surface area contributed by atoms with Gasteiger partial charge in [-0.05, 0) is 19.1 Å². The molecule has 84 valence electrons. The van der Waals surface area contributed by atoms with Crippen LogP contribution in [0.3, 0.4) is 0 Å². The van der Waals surface area contributed by atoms with Crippen molar-refractivity contribution in [1.82, 2.24) is 0 Å². The first-order valence-corrected chi connectivity index (χ1v) is 4.89. The van der Waals surface area contributed by atoms with Gasteiger partial charge in [0.05, 0.1) is 19.9 Å². The Labute approximate surface area is 90.4 Å². The van der Waals surface area contributed by atoms with Gasteiger partial charge in [-0.2, -0.15) is 0 Å². The second kappa shape index (κ2) is 5.46. The molecule has 0 aliphatic carbocycles. The van der Waals surface area contributed by atoms with Gasteiger partial charge < -0.3 is 20.5 Å². The highest BCUT2D eigenvalue weighted by atomic mass is 16.5. The summed E-state index contributed by atoms with van der Waals surface area (Å²) in [6, 6.07) is 5.74. The number of hydrogen-bond acceptors (Lipinski definition) is 4. The Morgan fingerprint density at radius 1 is 1.33 bits per heavy atom. The molecule has 0 aromatic heterocycles. The molecule has 3 N–H and O–H groups in total. The molecule has 0 fully saturated rings. The van der Waals surface area contributed by atoms with Gasteiger partial charge in [-0.25, -0.2) is 0 Å². The molecule has 0 bridgehead atoms. The van der Waals surface area contributed by atoms with E-state index in [-0.39, 0.29) is 6.04 Å². The molecule has 0 saturated carbocycles. The van der Waals surface area contributed by atoms with Crippen LogP contribution < -0.4 is 20.5 Å². The van der Waals surface area contributed by atoms with E-state index in [0.29, 0.717) is 6.54 Å². The van der Waals surface area contributed by atoms with Crippen LogP contribution in [0.1, 0.15) is 6.92 Å². The average molecular weight is 210 g/mol. The molecule has 0 aliphatic heterocycles. The maximum Gasteiger partial charge on any atom is 0.145 e. The summed E-state index contributed by atoms with van der Waals surface area (Å²) in [6.07, 6.45) is 0. The minimum Gasteiger partial charge on any atom is -0.497 e. The highest BCUT2D eigenvalue weighted by Crippen LogP contribution is 2.28. The van der Waals surface area contributed by atoms with Crippen LogP contribution in [0.25, 0.3) is 0 Å². The molecule has 0 heterocycles. The van der Waals surface area contributed by atoms with E-state index in [0.717, 1.165) is 17.2 Å². The summed E-state index contributed by atoms with van der Waals surface area (Å²) in [5.41, 5.74) is 6.59. The van der Waals surface area contributed by atoms with Crippen molar-refractivity contribution in [3.05, 3.63) is 18.2 Å². The second-order valence-corrected chi connectivity index (χ2v) is 3.42. The third kappa shape index (κ3) is 3.32. The number of ether oxygens (including phenoxy) is 2. The molecule has 0 spiro atoms. The molecule has 15 heavy (non-hydrogen) atoms. The van der Waals surface area contributed by atoms with Crippen LogP contribution in [-0.2, 0) is 0 Å². The van der Waals surface area contributed by atoms with E-state index >= 15 is 0 Å². The second-order valence-electron chi connectivity index (χ2n) is 3.42. The largest absolute Gasteiger partial charge is 0.497 e. The highest BCUT2D eigenvalue weighted by Gasteiger charge is 2.04. The van der Waals surface area contributed by atoms with Crippen LogP contribution in [0.2, 0.25) is 0 Å². The monoisotopic (exact) mass is 210 g/mol. The van der Waals surface area contributed by atoms with Crippen LogP contribution in [0.4, 0.5) is 5.69 Å². The van der Waals surface area contributed by atoms with Gasteiger partial charge in [0.1, 0.15) is 11.5 Å². The third-order valence-corrected chi connectivity index (χ3v) is 2.02. The predicted molar refractivity (Wildman–Crippen MR) is 61.7 cm³/mol. The first-order chi connectivity index (χ1) is 7.17. The number of hydrogen-bond donors (Lipinski definition) is 2. The van der Waals surface area contributed by atoms with E-state index in [4.69, 9.17) is 15.2 Å². The lowest BCUT2D eigenvalue weighted by atomic mass is 10.2. The molecular weight excluding hydrogens is 192 g/mol. The van der Waals surface area contributed by atoms with Crippen LogP contribution in [0, 0.1) is 0 Å². The van der Waals surface area contributed by atoms with E-state index in [9.17, 15) is 0 Å². The van der Waals surface area contributed by atoms with Crippen molar-refractivity contribution in [3.8, 4) is 11.5 Å². The summed E-state index contributed by atoms with van der Waals surface area (Å²) in [5, 5.41) is 3.21. The number of nitrogens with two attached hydrogens (primary N) is 1. The fourth-order valence-corrected chi connectivity index (χ4v) is 1.22. The van der Waals surface area contributed by atoms with E-state index in [2.05, 4.69) is 5.32 Å². The van der Waals surface area contributed by atoms with Gasteiger partial charge in [0.15, 0.2) is 0 Å². The summed E-state index contributed by atoms with van der Waals surface area (Å²) in [6.45, 7) is 2.66. The zero-order valence-corrected chi connectivity index (χ0v) is 9.41. The van der Waals surface area contributed by atoms with Crippen LogP contribution in [0.15, 0.2) is 18.2 Å². The Bertz CT molecular complexity index is 313. The van der Waals surface area contributed by atoms with Crippen LogP contribution in [0.5, 0.6) is 11.5 Å². The van der Waals surface area contributed by atoms with Crippen LogP contribution >= 0.6 is 0 Å². The van der Waals surface area contributed by atoms with Gasteiger partial charge in [-0.3, -0.25) is 0 Å². The van der Waals surface area contributed by atoms with Crippen molar-refractivity contribution >= 4 is 5.69 Å². The number of benzene rings is 1. The topological polar surface area (TPSA) is 56.5 Å². The van der Waals surface area contributed by atoms with Crippen molar-refractivity contribution in [2.75, 3.05) is 26.1 Å². The van der Waals surface area contributed by atoms with Crippen molar-refractivity contribution in [3.63, 3.8) is 0 Å². The minimum absolute atomic E-state index is 0.108. The standard InChI is InChI=1S/C11H18N2O2/c1-8(12)7-13-10-5-4-9(14-2)6-11(10)15-3/h4-6,8,13H,7,12H2,1-3H3/t8-/m0/s1. The third-order valence-electron chi connectivity index (χ3n) is 2.02. The molecule has 1 atom stereocenters. The molecule has 1 rings (SSSR count). The van der Waals surface area contributed by atoms with Crippen molar-refractivity contribution in [1.29, 1.82) is 0 Å². The fraction of sp³-hybridized carbons (Fsp3) is 0.455. The quantitative estimate of drug-likeness (QED) is 0.772. The van der Waals surface area contributed by atoms with E-state index < -0.39 is 0 Å². The molecule has 0 aliphatic rings. The minimum atomic E-state index is 0.108. The Balaban J connectivity index is 2.78. The Morgan fingerprint density at radius 2 is 2.07 bits per heavy atom. The van der Waals surface area contributed by atoms with Gasteiger partial charge in [0.2, 0.25) is 0 Å². The lowest BCUT2D eigenvalue weighted by Crippen LogP contribution is -2.25. The summed E-state index contributed by atoms with van der Waals surface area (Å²) < 4.78 is 10.3. The van der Waals surface area contributed by atoms with E-state index in [1.807, 2.05) is 25.1 Å². The molecule has 0 unspecified atom stereocenters. The average Bonchev–Trinajstić information content (AvgIpc) is 2.25. The smallest absolute Gasteiger partial charge is 0.145 e. The molecule has 0 saturated heterocycles.